The first-order valence-electron chi connectivity index (χ1n) is 10.6. The van der Waals surface area contributed by atoms with E-state index in [0.29, 0.717) is 22.7 Å². The molecule has 4 aromatic rings. The highest BCUT2D eigenvalue weighted by Gasteiger charge is 2.14. The van der Waals surface area contributed by atoms with Crippen LogP contribution in [0, 0.1) is 0 Å². The van der Waals surface area contributed by atoms with Crippen LogP contribution in [-0.2, 0) is 12.8 Å². The van der Waals surface area contributed by atoms with Gasteiger partial charge in [-0.2, -0.15) is 5.10 Å². The largest absolute Gasteiger partial charge is 0.497 e. The lowest BCUT2D eigenvalue weighted by Crippen LogP contribution is -2.12. The van der Waals surface area contributed by atoms with E-state index >= 15 is 0 Å². The Balaban J connectivity index is 1.67. The molecule has 2 aromatic carbocycles. The molecule has 164 valence electrons. The van der Waals surface area contributed by atoms with Crippen molar-refractivity contribution < 1.29 is 14.3 Å². The van der Waals surface area contributed by atoms with Gasteiger partial charge < -0.3 is 14.8 Å². The normalized spacial score (nSPS) is 10.9. The number of rotatable bonds is 7. The van der Waals surface area contributed by atoms with Crippen LogP contribution in [-0.4, -0.2) is 35.3 Å². The molecule has 0 unspecified atom stereocenters. The maximum absolute atomic E-state index is 12.9. The molecule has 0 spiro atoms. The van der Waals surface area contributed by atoms with E-state index in [4.69, 9.17) is 14.5 Å². The molecule has 0 bridgehead atoms. The Hall–Kier alpha value is -3.87. The van der Waals surface area contributed by atoms with Gasteiger partial charge in [0.15, 0.2) is 5.65 Å². The minimum Gasteiger partial charge on any atom is -0.497 e. The van der Waals surface area contributed by atoms with E-state index in [-0.39, 0.29) is 5.91 Å². The third-order valence-electron chi connectivity index (χ3n) is 5.48. The van der Waals surface area contributed by atoms with Gasteiger partial charge >= 0.3 is 0 Å². The van der Waals surface area contributed by atoms with Gasteiger partial charge in [-0.1, -0.05) is 19.9 Å². The number of nitrogens with one attached hydrogen (secondary N) is 2. The highest BCUT2D eigenvalue weighted by atomic mass is 16.5. The van der Waals surface area contributed by atoms with Gasteiger partial charge in [-0.15, -0.1) is 0 Å². The SMILES string of the molecule is CCc1ccc(NC(=O)c2cc(OC)cc(OC)c2)cc1-c1ccc2c(CC)n[nH]c2n1. The topological polar surface area (TPSA) is 89.1 Å². The van der Waals surface area contributed by atoms with Crippen LogP contribution in [0.4, 0.5) is 5.69 Å². The van der Waals surface area contributed by atoms with E-state index in [9.17, 15) is 4.79 Å². The second-order valence-corrected chi connectivity index (χ2v) is 7.40. The highest BCUT2D eigenvalue weighted by molar-refractivity contribution is 6.05. The summed E-state index contributed by atoms with van der Waals surface area (Å²) < 4.78 is 10.5. The van der Waals surface area contributed by atoms with E-state index in [2.05, 4.69) is 29.4 Å². The number of anilines is 1. The summed E-state index contributed by atoms with van der Waals surface area (Å²) in [6.45, 7) is 4.17. The molecule has 7 heteroatoms. The zero-order valence-corrected chi connectivity index (χ0v) is 18.7. The predicted octanol–water partition coefficient (Wildman–Crippen LogP) is 5.02. The number of aryl methyl sites for hydroxylation is 2. The molecule has 0 saturated heterocycles. The summed E-state index contributed by atoms with van der Waals surface area (Å²) in [6.07, 6.45) is 1.69. The first kappa shape index (κ1) is 21.4. The van der Waals surface area contributed by atoms with Crippen LogP contribution in [0.25, 0.3) is 22.3 Å². The fraction of sp³-hybridized carbons (Fsp3) is 0.240. The van der Waals surface area contributed by atoms with E-state index < -0.39 is 0 Å². The monoisotopic (exact) mass is 430 g/mol. The number of carbonyl (C=O) groups is 1. The number of carbonyl (C=O) groups excluding carboxylic acids is 1. The fourth-order valence-electron chi connectivity index (χ4n) is 3.72. The number of aromatic amines is 1. The highest BCUT2D eigenvalue weighted by Crippen LogP contribution is 2.29. The molecule has 4 rings (SSSR count). The minimum absolute atomic E-state index is 0.248. The van der Waals surface area contributed by atoms with Gasteiger partial charge in [-0.05, 0) is 54.8 Å². The van der Waals surface area contributed by atoms with E-state index in [1.54, 1.807) is 32.4 Å². The molecule has 0 atom stereocenters. The molecule has 0 aliphatic carbocycles. The van der Waals surface area contributed by atoms with Gasteiger partial charge in [-0.25, -0.2) is 4.98 Å². The van der Waals surface area contributed by atoms with E-state index in [0.717, 1.165) is 46.4 Å². The lowest BCUT2D eigenvalue weighted by atomic mass is 10.0. The van der Waals surface area contributed by atoms with Gasteiger partial charge in [0.25, 0.3) is 5.91 Å². The third kappa shape index (κ3) is 4.14. The van der Waals surface area contributed by atoms with Gasteiger partial charge in [0.2, 0.25) is 0 Å². The second kappa shape index (κ2) is 9.09. The summed E-state index contributed by atoms with van der Waals surface area (Å²) >= 11 is 0. The summed E-state index contributed by atoms with van der Waals surface area (Å²) in [6, 6.07) is 15.0. The van der Waals surface area contributed by atoms with Gasteiger partial charge in [-0.3, -0.25) is 9.89 Å². The number of nitrogens with zero attached hydrogens (tertiary/aromatic N) is 2. The van der Waals surface area contributed by atoms with Gasteiger partial charge in [0, 0.05) is 28.3 Å². The first-order chi connectivity index (χ1) is 15.6. The lowest BCUT2D eigenvalue weighted by molar-refractivity contribution is 0.102. The molecular formula is C25H26N4O3. The van der Waals surface area contributed by atoms with Crippen LogP contribution in [0.3, 0.4) is 0 Å². The smallest absolute Gasteiger partial charge is 0.255 e. The molecule has 0 saturated carbocycles. The summed E-state index contributed by atoms with van der Waals surface area (Å²) in [5.74, 6) is 0.863. The molecule has 2 heterocycles. The molecule has 32 heavy (non-hydrogen) atoms. The number of amides is 1. The number of methoxy groups -OCH3 is 2. The zero-order chi connectivity index (χ0) is 22.7. The van der Waals surface area contributed by atoms with Crippen LogP contribution in [0.2, 0.25) is 0 Å². The number of ether oxygens (including phenoxy) is 2. The van der Waals surface area contributed by atoms with Crippen molar-refractivity contribution in [2.24, 2.45) is 0 Å². The van der Waals surface area contributed by atoms with Crippen molar-refractivity contribution in [3.63, 3.8) is 0 Å². The van der Waals surface area contributed by atoms with E-state index in [1.165, 1.54) is 0 Å². The van der Waals surface area contributed by atoms with Crippen molar-refractivity contribution in [3.05, 3.63) is 65.4 Å². The van der Waals surface area contributed by atoms with Crippen LogP contribution < -0.4 is 14.8 Å². The molecule has 0 aliphatic rings. The second-order valence-electron chi connectivity index (χ2n) is 7.40. The minimum atomic E-state index is -0.248. The van der Waals surface area contributed by atoms with E-state index in [1.807, 2.05) is 30.3 Å². The number of hydrogen-bond donors (Lipinski definition) is 2. The number of benzene rings is 2. The Morgan fingerprint density at radius 2 is 1.72 bits per heavy atom. The number of pyridine rings is 1. The van der Waals surface area contributed by atoms with Crippen LogP contribution in [0.5, 0.6) is 11.5 Å². The maximum Gasteiger partial charge on any atom is 0.255 e. The Kier molecular flexibility index (Phi) is 6.07. The average molecular weight is 431 g/mol. The van der Waals surface area contributed by atoms with Crippen molar-refractivity contribution in [1.29, 1.82) is 0 Å². The fourth-order valence-corrected chi connectivity index (χ4v) is 3.72. The average Bonchev–Trinajstić information content (AvgIpc) is 3.25. The number of hydrogen-bond acceptors (Lipinski definition) is 5. The Bertz CT molecular complexity index is 1260. The first-order valence-corrected chi connectivity index (χ1v) is 10.6. The van der Waals surface area contributed by atoms with Crippen molar-refractivity contribution >= 4 is 22.6 Å². The maximum atomic E-state index is 12.9. The molecular weight excluding hydrogens is 404 g/mol. The Morgan fingerprint density at radius 3 is 2.38 bits per heavy atom. The van der Waals surface area contributed by atoms with Crippen molar-refractivity contribution in [2.75, 3.05) is 19.5 Å². The number of H-pyrrole nitrogens is 1. The van der Waals surface area contributed by atoms with Crippen LogP contribution >= 0.6 is 0 Å². The Labute approximate surface area is 186 Å². The summed E-state index contributed by atoms with van der Waals surface area (Å²) in [5.41, 5.74) is 5.86. The standard InChI is InChI=1S/C25H26N4O3/c1-5-15-7-8-17(26-25(30)16-11-18(31-3)14-19(12-16)32-4)13-21(15)23-10-9-20-22(6-2)28-29-24(20)27-23/h7-14H,5-6H2,1-4H3,(H,26,30)(H,27,28,29). The Morgan fingerprint density at radius 1 is 0.969 bits per heavy atom. The van der Waals surface area contributed by atoms with Gasteiger partial charge in [0.05, 0.1) is 25.6 Å². The third-order valence-corrected chi connectivity index (χ3v) is 5.48. The molecule has 1 amide bonds. The molecule has 2 N–H and O–H groups in total. The molecule has 0 fully saturated rings. The zero-order valence-electron chi connectivity index (χ0n) is 18.7. The summed E-state index contributed by atoms with van der Waals surface area (Å²) in [7, 11) is 3.11. The van der Waals surface area contributed by atoms with Crippen LogP contribution in [0.1, 0.15) is 35.5 Å². The van der Waals surface area contributed by atoms with Crippen molar-refractivity contribution in [1.82, 2.24) is 15.2 Å². The summed E-state index contributed by atoms with van der Waals surface area (Å²) in [5, 5.41) is 11.4. The molecule has 2 aromatic heterocycles. The van der Waals surface area contributed by atoms with Crippen molar-refractivity contribution in [2.45, 2.75) is 26.7 Å². The van der Waals surface area contributed by atoms with Crippen molar-refractivity contribution in [3.8, 4) is 22.8 Å². The quantitative estimate of drug-likeness (QED) is 0.430. The molecule has 0 aliphatic heterocycles. The van der Waals surface area contributed by atoms with Crippen LogP contribution in [0.15, 0.2) is 48.5 Å². The summed E-state index contributed by atoms with van der Waals surface area (Å²) in [4.78, 5) is 17.7. The number of fused-ring (bicyclic) bond motifs is 1. The van der Waals surface area contributed by atoms with Gasteiger partial charge in [0.1, 0.15) is 11.5 Å². The number of aromatic nitrogens is 3. The molecule has 7 nitrogen and oxygen atoms in total. The molecule has 0 radical (unpaired) electrons. The lowest BCUT2D eigenvalue weighted by Gasteiger charge is -2.13. The predicted molar refractivity (Wildman–Crippen MR) is 126 cm³/mol.